The average Bonchev–Trinajstić information content (AvgIpc) is 3.02. The van der Waals surface area contributed by atoms with Crippen molar-refractivity contribution in [3.8, 4) is 11.5 Å². The highest BCUT2D eigenvalue weighted by atomic mass is 16.5. The quantitative estimate of drug-likeness (QED) is 0.697. The number of rotatable bonds is 6. The molecule has 0 aliphatic rings. The average molecular weight is 310 g/mol. The monoisotopic (exact) mass is 310 g/mol. The van der Waals surface area contributed by atoms with E-state index in [0.717, 1.165) is 11.1 Å². The van der Waals surface area contributed by atoms with Gasteiger partial charge in [-0.15, -0.1) is 10.2 Å². The molecule has 3 rings (SSSR count). The molecule has 23 heavy (non-hydrogen) atoms. The minimum Gasteiger partial charge on any atom is -0.493 e. The van der Waals surface area contributed by atoms with Crippen LogP contribution in [0.5, 0.6) is 11.5 Å². The summed E-state index contributed by atoms with van der Waals surface area (Å²) in [5, 5.41) is 8.07. The van der Waals surface area contributed by atoms with Crippen LogP contribution in [0.25, 0.3) is 0 Å². The van der Waals surface area contributed by atoms with Gasteiger partial charge in [0.1, 0.15) is 0 Å². The van der Waals surface area contributed by atoms with Crippen LogP contribution in [-0.4, -0.2) is 17.3 Å². The third kappa shape index (κ3) is 3.88. The molecule has 0 fully saturated rings. The number of hydrogen-bond acceptors (Lipinski definition) is 5. The van der Waals surface area contributed by atoms with Gasteiger partial charge in [-0.2, -0.15) is 0 Å². The maximum absolute atomic E-state index is 5.71. The summed E-state index contributed by atoms with van der Waals surface area (Å²) in [7, 11) is 1.62. The van der Waals surface area contributed by atoms with E-state index in [0.29, 0.717) is 29.7 Å². The Morgan fingerprint density at radius 3 is 2.52 bits per heavy atom. The topological polar surface area (TPSA) is 57.4 Å². The van der Waals surface area contributed by atoms with Crippen LogP contribution in [0.1, 0.15) is 22.9 Å². The Bertz CT molecular complexity index is 769. The third-order valence-corrected chi connectivity index (χ3v) is 3.38. The van der Waals surface area contributed by atoms with Gasteiger partial charge in [-0.05, 0) is 30.2 Å². The summed E-state index contributed by atoms with van der Waals surface area (Å²) in [6.45, 7) is 2.21. The van der Waals surface area contributed by atoms with Gasteiger partial charge in [0.05, 0.1) is 13.5 Å². The maximum Gasteiger partial charge on any atom is 0.253 e. The van der Waals surface area contributed by atoms with Gasteiger partial charge >= 0.3 is 0 Å². The molecule has 0 bridgehead atoms. The summed E-state index contributed by atoms with van der Waals surface area (Å²) in [4.78, 5) is 0. The minimum absolute atomic E-state index is 0.210. The van der Waals surface area contributed by atoms with Crippen LogP contribution in [0.3, 0.4) is 0 Å². The molecule has 0 saturated carbocycles. The highest BCUT2D eigenvalue weighted by Gasteiger charge is 2.10. The normalized spacial score (nSPS) is 10.5. The largest absolute Gasteiger partial charge is 0.493 e. The molecule has 2 aromatic carbocycles. The summed E-state index contributed by atoms with van der Waals surface area (Å²) in [6.07, 6.45) is 0.613. The fraction of sp³-hybridized carbons (Fsp3) is 0.222. The molecule has 1 heterocycles. The molecule has 0 N–H and O–H groups in total. The van der Waals surface area contributed by atoms with Crippen molar-refractivity contribution in [1.82, 2.24) is 10.2 Å². The molecular formula is C18H18N2O3. The van der Waals surface area contributed by atoms with Crippen LogP contribution in [0.2, 0.25) is 0 Å². The van der Waals surface area contributed by atoms with Gasteiger partial charge in [0.25, 0.3) is 5.89 Å². The molecule has 0 aliphatic heterocycles. The molecule has 0 spiro atoms. The van der Waals surface area contributed by atoms with Crippen LogP contribution in [0, 0.1) is 6.92 Å². The number of hydrogen-bond donors (Lipinski definition) is 0. The van der Waals surface area contributed by atoms with E-state index in [1.165, 1.54) is 0 Å². The van der Waals surface area contributed by atoms with E-state index in [1.54, 1.807) is 7.11 Å². The molecule has 5 heteroatoms. The van der Waals surface area contributed by atoms with Crippen LogP contribution in [0.15, 0.2) is 52.9 Å². The van der Waals surface area contributed by atoms with E-state index in [9.17, 15) is 0 Å². The van der Waals surface area contributed by atoms with Gasteiger partial charge in [0.2, 0.25) is 5.89 Å². The summed E-state index contributed by atoms with van der Waals surface area (Å²) in [5.74, 6) is 2.36. The maximum atomic E-state index is 5.71. The van der Waals surface area contributed by atoms with Crippen molar-refractivity contribution in [1.29, 1.82) is 0 Å². The van der Waals surface area contributed by atoms with Gasteiger partial charge in [-0.25, -0.2) is 0 Å². The van der Waals surface area contributed by atoms with Gasteiger partial charge in [-0.3, -0.25) is 0 Å². The molecule has 0 unspecified atom stereocenters. The Hall–Kier alpha value is -2.82. The lowest BCUT2D eigenvalue weighted by atomic mass is 10.2. The van der Waals surface area contributed by atoms with Gasteiger partial charge in [-0.1, -0.05) is 36.4 Å². The lowest BCUT2D eigenvalue weighted by Crippen LogP contribution is -1.98. The zero-order valence-electron chi connectivity index (χ0n) is 13.2. The van der Waals surface area contributed by atoms with Crippen molar-refractivity contribution in [2.24, 2.45) is 0 Å². The standard InChI is InChI=1S/C18H18N2O3/c1-13-8-9-15(16(10-13)21-2)22-12-18-20-19-17(23-18)11-14-6-4-3-5-7-14/h3-10H,11-12H2,1-2H3. The van der Waals surface area contributed by atoms with Crippen LogP contribution in [-0.2, 0) is 13.0 Å². The number of aromatic nitrogens is 2. The predicted octanol–water partition coefficient (Wildman–Crippen LogP) is 3.56. The predicted molar refractivity (Wildman–Crippen MR) is 85.6 cm³/mol. The van der Waals surface area contributed by atoms with Gasteiger partial charge in [0, 0.05) is 0 Å². The van der Waals surface area contributed by atoms with Crippen LogP contribution < -0.4 is 9.47 Å². The lowest BCUT2D eigenvalue weighted by Gasteiger charge is -2.09. The molecule has 0 aliphatic carbocycles. The third-order valence-electron chi connectivity index (χ3n) is 3.38. The van der Waals surface area contributed by atoms with E-state index in [2.05, 4.69) is 10.2 Å². The molecule has 0 atom stereocenters. The second-order valence-corrected chi connectivity index (χ2v) is 5.19. The number of ether oxygens (including phenoxy) is 2. The summed E-state index contributed by atoms with van der Waals surface area (Å²) >= 11 is 0. The first-order valence-corrected chi connectivity index (χ1v) is 7.37. The number of nitrogens with zero attached hydrogens (tertiary/aromatic N) is 2. The first-order valence-electron chi connectivity index (χ1n) is 7.37. The van der Waals surface area contributed by atoms with E-state index in [1.807, 2.05) is 55.5 Å². The summed E-state index contributed by atoms with van der Waals surface area (Å²) in [6, 6.07) is 15.8. The Morgan fingerprint density at radius 2 is 1.74 bits per heavy atom. The molecule has 3 aromatic rings. The number of benzene rings is 2. The lowest BCUT2D eigenvalue weighted by molar-refractivity contribution is 0.247. The fourth-order valence-corrected chi connectivity index (χ4v) is 2.22. The smallest absolute Gasteiger partial charge is 0.253 e. The highest BCUT2D eigenvalue weighted by Crippen LogP contribution is 2.28. The summed E-state index contributed by atoms with van der Waals surface area (Å²) in [5.41, 5.74) is 2.24. The zero-order chi connectivity index (χ0) is 16.1. The van der Waals surface area contributed by atoms with Crippen molar-refractivity contribution >= 4 is 0 Å². The van der Waals surface area contributed by atoms with E-state index >= 15 is 0 Å². The highest BCUT2D eigenvalue weighted by molar-refractivity contribution is 5.42. The summed E-state index contributed by atoms with van der Waals surface area (Å²) < 4.78 is 16.6. The molecular weight excluding hydrogens is 292 g/mol. The molecule has 0 saturated heterocycles. The second kappa shape index (κ2) is 6.96. The van der Waals surface area contributed by atoms with E-state index < -0.39 is 0 Å². The molecule has 1 aromatic heterocycles. The van der Waals surface area contributed by atoms with E-state index in [-0.39, 0.29) is 6.61 Å². The second-order valence-electron chi connectivity index (χ2n) is 5.19. The van der Waals surface area contributed by atoms with E-state index in [4.69, 9.17) is 13.9 Å². The van der Waals surface area contributed by atoms with Crippen LogP contribution >= 0.6 is 0 Å². The Kier molecular flexibility index (Phi) is 4.57. The first-order chi connectivity index (χ1) is 11.2. The minimum atomic E-state index is 0.210. The Labute approximate surface area is 134 Å². The molecule has 0 amide bonds. The van der Waals surface area contributed by atoms with Gasteiger partial charge in [0.15, 0.2) is 18.1 Å². The molecule has 0 radical (unpaired) electrons. The zero-order valence-corrected chi connectivity index (χ0v) is 13.2. The van der Waals surface area contributed by atoms with Crippen molar-refractivity contribution in [3.63, 3.8) is 0 Å². The van der Waals surface area contributed by atoms with Gasteiger partial charge < -0.3 is 13.9 Å². The van der Waals surface area contributed by atoms with Crippen molar-refractivity contribution in [2.75, 3.05) is 7.11 Å². The number of aryl methyl sites for hydroxylation is 1. The Balaban J connectivity index is 1.63. The van der Waals surface area contributed by atoms with Crippen molar-refractivity contribution in [2.45, 2.75) is 20.0 Å². The fourth-order valence-electron chi connectivity index (χ4n) is 2.22. The molecule has 5 nitrogen and oxygen atoms in total. The molecule has 118 valence electrons. The first kappa shape index (κ1) is 15.1. The van der Waals surface area contributed by atoms with Crippen molar-refractivity contribution in [3.05, 3.63) is 71.4 Å². The number of methoxy groups -OCH3 is 1. The van der Waals surface area contributed by atoms with Crippen molar-refractivity contribution < 1.29 is 13.9 Å². The Morgan fingerprint density at radius 1 is 0.957 bits per heavy atom. The van der Waals surface area contributed by atoms with Crippen LogP contribution in [0.4, 0.5) is 0 Å². The SMILES string of the molecule is COc1cc(C)ccc1OCc1nnc(Cc2ccccc2)o1.